The van der Waals surface area contributed by atoms with Gasteiger partial charge in [0.15, 0.2) is 0 Å². The molecule has 0 bridgehead atoms. The topological polar surface area (TPSA) is 49.7 Å². The van der Waals surface area contributed by atoms with Gasteiger partial charge in [-0.25, -0.2) is 4.79 Å². The van der Waals surface area contributed by atoms with E-state index in [0.717, 1.165) is 9.48 Å². The van der Waals surface area contributed by atoms with Gasteiger partial charge in [0.25, 0.3) is 6.08 Å². The second-order valence-electron chi connectivity index (χ2n) is 2.12. The molecule has 1 aromatic rings. The van der Waals surface area contributed by atoms with Crippen LogP contribution in [-0.2, 0) is 9.59 Å². The Bertz CT molecular complexity index is 344. The first kappa shape index (κ1) is 9.64. The molecule has 0 saturated carbocycles. The van der Waals surface area contributed by atoms with Crippen LogP contribution in [0.3, 0.4) is 0 Å². The largest absolute Gasteiger partial charge is 0.276 e. The molecule has 0 aliphatic carbocycles. The van der Waals surface area contributed by atoms with Gasteiger partial charge in [-0.2, -0.15) is 5.01 Å². The Morgan fingerprint density at radius 3 is 2.46 bits per heavy atom. The molecule has 13 heavy (non-hydrogen) atoms. The van der Waals surface area contributed by atoms with Gasteiger partial charge in [0.2, 0.25) is 6.41 Å². The first-order valence-electron chi connectivity index (χ1n) is 3.36. The smallest absolute Gasteiger partial charge is 0.259 e. The summed E-state index contributed by atoms with van der Waals surface area (Å²) in [6.45, 7) is 0. The number of hydrogen-bond acceptors (Lipinski definition) is 3. The standard InChI is InChI=1S/C8H5BrN2O2/c9-7-1-3-8(4-2-7)11(6-13)10-5-12/h1-4,6H. The number of rotatable bonds is 3. The molecular weight excluding hydrogens is 236 g/mol. The fourth-order valence-corrected chi connectivity index (χ4v) is 1.04. The van der Waals surface area contributed by atoms with Gasteiger partial charge in [-0.3, -0.25) is 4.79 Å². The van der Waals surface area contributed by atoms with Crippen LogP contribution in [0.4, 0.5) is 5.69 Å². The quantitative estimate of drug-likeness (QED) is 0.349. The first-order valence-corrected chi connectivity index (χ1v) is 4.15. The molecule has 0 unspecified atom stereocenters. The van der Waals surface area contributed by atoms with Gasteiger partial charge in [-0.05, 0) is 24.3 Å². The summed E-state index contributed by atoms with van der Waals surface area (Å²) in [5.74, 6) is 0. The molecule has 0 spiro atoms. The minimum Gasteiger partial charge on any atom is -0.276 e. The van der Waals surface area contributed by atoms with E-state index in [1.54, 1.807) is 24.3 Å². The predicted octanol–water partition coefficient (Wildman–Crippen LogP) is 1.66. The summed E-state index contributed by atoms with van der Waals surface area (Å²) in [4.78, 5) is 20.3. The minimum absolute atomic E-state index is 0.439. The van der Waals surface area contributed by atoms with Crippen molar-refractivity contribution in [3.05, 3.63) is 28.7 Å². The maximum atomic E-state index is 10.4. The molecule has 66 valence electrons. The van der Waals surface area contributed by atoms with Gasteiger partial charge in [0.05, 0.1) is 5.69 Å². The lowest BCUT2D eigenvalue weighted by Crippen LogP contribution is -2.12. The summed E-state index contributed by atoms with van der Waals surface area (Å²) in [6.07, 6.45) is 1.73. The molecule has 0 aliphatic heterocycles. The summed E-state index contributed by atoms with van der Waals surface area (Å²) >= 11 is 3.24. The lowest BCUT2D eigenvalue weighted by atomic mass is 10.3. The van der Waals surface area contributed by atoms with Crippen molar-refractivity contribution in [1.82, 2.24) is 0 Å². The highest BCUT2D eigenvalue weighted by atomic mass is 79.9. The van der Waals surface area contributed by atoms with Crippen LogP contribution in [0.25, 0.3) is 0 Å². The van der Waals surface area contributed by atoms with Crippen molar-refractivity contribution >= 4 is 34.1 Å². The average molecular weight is 241 g/mol. The summed E-state index contributed by atoms with van der Waals surface area (Å²) < 4.78 is 0.886. The van der Waals surface area contributed by atoms with E-state index in [4.69, 9.17) is 0 Å². The SMILES string of the molecule is O=C=NN(C=O)c1ccc(Br)cc1. The highest BCUT2D eigenvalue weighted by Gasteiger charge is 2.01. The van der Waals surface area contributed by atoms with Crippen molar-refractivity contribution in [1.29, 1.82) is 0 Å². The highest BCUT2D eigenvalue weighted by molar-refractivity contribution is 9.10. The Morgan fingerprint density at radius 2 is 2.00 bits per heavy atom. The van der Waals surface area contributed by atoms with Gasteiger partial charge < -0.3 is 0 Å². The number of hydrogen-bond donors (Lipinski definition) is 0. The van der Waals surface area contributed by atoms with Gasteiger partial charge >= 0.3 is 0 Å². The molecule has 0 N–H and O–H groups in total. The van der Waals surface area contributed by atoms with Crippen LogP contribution in [0.5, 0.6) is 0 Å². The first-order chi connectivity index (χ1) is 6.27. The molecule has 1 rings (SSSR count). The van der Waals surface area contributed by atoms with Crippen LogP contribution in [0.2, 0.25) is 0 Å². The molecule has 1 amide bonds. The molecule has 1 aromatic carbocycles. The van der Waals surface area contributed by atoms with Crippen LogP contribution in [0.15, 0.2) is 33.8 Å². The Balaban J connectivity index is 2.98. The van der Waals surface area contributed by atoms with Crippen molar-refractivity contribution in [2.24, 2.45) is 5.10 Å². The summed E-state index contributed by atoms with van der Waals surface area (Å²) in [7, 11) is 0. The van der Waals surface area contributed by atoms with E-state index in [-0.39, 0.29) is 0 Å². The molecular formula is C8H5BrN2O2. The molecule has 4 nitrogen and oxygen atoms in total. The number of carbonyl (C=O) groups excluding carboxylic acids is 2. The van der Waals surface area contributed by atoms with Gasteiger partial charge in [0.1, 0.15) is 0 Å². The van der Waals surface area contributed by atoms with E-state index in [2.05, 4.69) is 21.0 Å². The average Bonchev–Trinajstić information content (AvgIpc) is 2.16. The zero-order valence-electron chi connectivity index (χ0n) is 6.48. The highest BCUT2D eigenvalue weighted by Crippen LogP contribution is 2.17. The number of anilines is 1. The van der Waals surface area contributed by atoms with Gasteiger partial charge in [-0.15, -0.1) is 0 Å². The number of hydrazone groups is 1. The summed E-state index contributed by atoms with van der Waals surface area (Å²) in [5, 5.41) is 4.09. The normalized spacial score (nSPS) is 8.69. The summed E-state index contributed by atoms with van der Waals surface area (Å²) in [5.41, 5.74) is 0.515. The number of halogens is 1. The number of benzene rings is 1. The number of carbonyl (C=O) groups is 1. The fraction of sp³-hybridized carbons (Fsp3) is 0. The van der Waals surface area contributed by atoms with E-state index < -0.39 is 0 Å². The van der Waals surface area contributed by atoms with Gasteiger partial charge in [-0.1, -0.05) is 21.0 Å². The van der Waals surface area contributed by atoms with Crippen molar-refractivity contribution in [2.75, 3.05) is 5.01 Å². The Morgan fingerprint density at radius 1 is 1.38 bits per heavy atom. The van der Waals surface area contributed by atoms with E-state index in [9.17, 15) is 9.59 Å². The van der Waals surface area contributed by atoms with Crippen molar-refractivity contribution in [3.63, 3.8) is 0 Å². The molecule has 0 fully saturated rings. The zero-order valence-corrected chi connectivity index (χ0v) is 8.06. The minimum atomic E-state index is 0.439. The molecule has 0 aromatic heterocycles. The summed E-state index contributed by atoms with van der Waals surface area (Å²) in [6, 6.07) is 6.79. The third-order valence-electron chi connectivity index (χ3n) is 1.34. The molecule has 0 aliphatic rings. The van der Waals surface area contributed by atoms with E-state index in [1.807, 2.05) is 0 Å². The third-order valence-corrected chi connectivity index (χ3v) is 1.87. The second-order valence-corrected chi connectivity index (χ2v) is 3.03. The van der Waals surface area contributed by atoms with Crippen LogP contribution in [-0.4, -0.2) is 12.5 Å². The van der Waals surface area contributed by atoms with Gasteiger partial charge in [0, 0.05) is 4.47 Å². The van der Waals surface area contributed by atoms with Crippen LogP contribution in [0.1, 0.15) is 0 Å². The number of isocyanates is 1. The van der Waals surface area contributed by atoms with E-state index >= 15 is 0 Å². The lowest BCUT2D eigenvalue weighted by molar-refractivity contribution is -0.107. The van der Waals surface area contributed by atoms with Crippen molar-refractivity contribution < 1.29 is 9.59 Å². The van der Waals surface area contributed by atoms with Crippen molar-refractivity contribution in [2.45, 2.75) is 0 Å². The van der Waals surface area contributed by atoms with Crippen LogP contribution in [0, 0.1) is 0 Å². The Hall–Kier alpha value is -1.45. The molecule has 0 saturated heterocycles. The Labute approximate surface area is 83.0 Å². The van der Waals surface area contributed by atoms with E-state index in [1.165, 1.54) is 6.08 Å². The van der Waals surface area contributed by atoms with Crippen molar-refractivity contribution in [3.8, 4) is 0 Å². The fourth-order valence-electron chi connectivity index (χ4n) is 0.780. The second kappa shape index (κ2) is 4.54. The molecule has 0 atom stereocenters. The molecule has 5 heteroatoms. The van der Waals surface area contributed by atoms with Crippen LogP contribution < -0.4 is 5.01 Å². The monoisotopic (exact) mass is 240 g/mol. The third kappa shape index (κ3) is 2.50. The maximum Gasteiger partial charge on any atom is 0.259 e. The predicted molar refractivity (Wildman–Crippen MR) is 50.8 cm³/mol. The Kier molecular flexibility index (Phi) is 3.37. The zero-order chi connectivity index (χ0) is 9.68. The lowest BCUT2D eigenvalue weighted by Gasteiger charge is -2.07. The maximum absolute atomic E-state index is 10.4. The number of amides is 1. The van der Waals surface area contributed by atoms with E-state index in [0.29, 0.717) is 12.1 Å². The number of nitrogens with zero attached hydrogens (tertiary/aromatic N) is 2. The van der Waals surface area contributed by atoms with Crippen LogP contribution >= 0.6 is 15.9 Å². The molecule has 0 radical (unpaired) electrons. The molecule has 0 heterocycles.